The average molecular weight is 398 g/mol. The fourth-order valence-electron chi connectivity index (χ4n) is 1.61. The molecule has 0 saturated carbocycles. The molecule has 22 heavy (non-hydrogen) atoms. The summed E-state index contributed by atoms with van der Waals surface area (Å²) < 4.78 is 0.927. The molecule has 2 aromatic rings. The molecule has 0 radical (unpaired) electrons. The van der Waals surface area contributed by atoms with E-state index in [4.69, 9.17) is 11.6 Å². The Kier molecular flexibility index (Phi) is 6.49. The van der Waals surface area contributed by atoms with Crippen LogP contribution in [0.15, 0.2) is 63.0 Å². The van der Waals surface area contributed by atoms with Gasteiger partial charge in [0.05, 0.1) is 11.5 Å². The molecule has 0 spiro atoms. The van der Waals surface area contributed by atoms with Crippen LogP contribution in [0.5, 0.6) is 0 Å². The summed E-state index contributed by atoms with van der Waals surface area (Å²) in [7, 11) is 0. The summed E-state index contributed by atoms with van der Waals surface area (Å²) in [6.45, 7) is 1.84. The highest BCUT2D eigenvalue weighted by Crippen LogP contribution is 2.24. The molecule has 0 saturated heterocycles. The van der Waals surface area contributed by atoms with Crippen molar-refractivity contribution in [1.29, 1.82) is 0 Å². The van der Waals surface area contributed by atoms with E-state index in [1.807, 2.05) is 43.3 Å². The summed E-state index contributed by atoms with van der Waals surface area (Å²) in [4.78, 5) is 13.0. The molecule has 0 aliphatic heterocycles. The quantitative estimate of drug-likeness (QED) is 0.450. The van der Waals surface area contributed by atoms with Gasteiger partial charge in [0.25, 0.3) is 5.91 Å². The third-order valence-corrected chi connectivity index (χ3v) is 4.87. The fraction of sp³-hybridized carbons (Fsp3) is 0.125. The first kappa shape index (κ1) is 17.1. The molecule has 0 fully saturated rings. The SMILES string of the molecule is C[C@@H](Sc1ccc(Cl)cc1)C(=O)N/N=C\c1ccccc1Br. The predicted molar refractivity (Wildman–Crippen MR) is 96.6 cm³/mol. The van der Waals surface area contributed by atoms with Gasteiger partial charge < -0.3 is 0 Å². The van der Waals surface area contributed by atoms with Crippen molar-refractivity contribution in [2.45, 2.75) is 17.1 Å². The molecule has 3 nitrogen and oxygen atoms in total. The number of amides is 1. The molecule has 0 aromatic heterocycles. The van der Waals surface area contributed by atoms with Crippen molar-refractivity contribution in [3.8, 4) is 0 Å². The monoisotopic (exact) mass is 396 g/mol. The number of carbonyl (C=O) groups excluding carboxylic acids is 1. The van der Waals surface area contributed by atoms with Gasteiger partial charge in [0, 0.05) is 20.0 Å². The molecule has 6 heteroatoms. The number of hydrogen-bond donors (Lipinski definition) is 1. The van der Waals surface area contributed by atoms with Crippen molar-refractivity contribution < 1.29 is 4.79 Å². The number of benzene rings is 2. The molecule has 2 rings (SSSR count). The topological polar surface area (TPSA) is 41.5 Å². The highest BCUT2D eigenvalue weighted by Gasteiger charge is 2.13. The van der Waals surface area contributed by atoms with E-state index in [1.165, 1.54) is 11.8 Å². The minimum absolute atomic E-state index is 0.150. The Morgan fingerprint density at radius 2 is 1.95 bits per heavy atom. The van der Waals surface area contributed by atoms with Gasteiger partial charge in [0.1, 0.15) is 0 Å². The number of carbonyl (C=O) groups is 1. The van der Waals surface area contributed by atoms with Crippen LogP contribution in [-0.4, -0.2) is 17.4 Å². The van der Waals surface area contributed by atoms with Crippen LogP contribution < -0.4 is 5.43 Å². The zero-order chi connectivity index (χ0) is 15.9. The molecule has 1 amide bonds. The van der Waals surface area contributed by atoms with Gasteiger partial charge in [-0.1, -0.05) is 45.7 Å². The van der Waals surface area contributed by atoms with Crippen molar-refractivity contribution in [3.63, 3.8) is 0 Å². The second-order valence-electron chi connectivity index (χ2n) is 4.47. The Morgan fingerprint density at radius 1 is 1.27 bits per heavy atom. The molecule has 1 atom stereocenters. The third kappa shape index (κ3) is 5.16. The lowest BCUT2D eigenvalue weighted by atomic mass is 10.2. The van der Waals surface area contributed by atoms with E-state index >= 15 is 0 Å². The largest absolute Gasteiger partial charge is 0.272 e. The first-order valence-electron chi connectivity index (χ1n) is 6.56. The number of nitrogens with one attached hydrogen (secondary N) is 1. The van der Waals surface area contributed by atoms with Crippen LogP contribution in [0, 0.1) is 0 Å². The fourth-order valence-corrected chi connectivity index (χ4v) is 2.98. The van der Waals surface area contributed by atoms with Gasteiger partial charge in [-0.15, -0.1) is 11.8 Å². The van der Waals surface area contributed by atoms with Gasteiger partial charge in [0.2, 0.25) is 0 Å². The Bertz CT molecular complexity index is 676. The highest BCUT2D eigenvalue weighted by atomic mass is 79.9. The lowest BCUT2D eigenvalue weighted by molar-refractivity contribution is -0.120. The highest BCUT2D eigenvalue weighted by molar-refractivity contribution is 9.10. The molecule has 0 aliphatic rings. The van der Waals surface area contributed by atoms with Gasteiger partial charge in [-0.05, 0) is 37.3 Å². The minimum Gasteiger partial charge on any atom is -0.272 e. The van der Waals surface area contributed by atoms with E-state index in [9.17, 15) is 4.79 Å². The Labute approximate surface area is 147 Å². The molecule has 0 aliphatic carbocycles. The Morgan fingerprint density at radius 3 is 2.64 bits per heavy atom. The second-order valence-corrected chi connectivity index (χ2v) is 7.17. The summed E-state index contributed by atoms with van der Waals surface area (Å²) in [5.74, 6) is -0.150. The van der Waals surface area contributed by atoms with E-state index in [0.29, 0.717) is 5.02 Å². The predicted octanol–water partition coefficient (Wildman–Crippen LogP) is 4.73. The first-order chi connectivity index (χ1) is 10.6. The van der Waals surface area contributed by atoms with E-state index < -0.39 is 0 Å². The zero-order valence-electron chi connectivity index (χ0n) is 11.8. The molecular formula is C16H14BrClN2OS. The van der Waals surface area contributed by atoms with Crippen LogP contribution in [0.2, 0.25) is 5.02 Å². The number of thioether (sulfide) groups is 1. The summed E-state index contributed by atoms with van der Waals surface area (Å²) in [6, 6.07) is 15.0. The van der Waals surface area contributed by atoms with Crippen molar-refractivity contribution in [2.24, 2.45) is 5.10 Å². The lowest BCUT2D eigenvalue weighted by Gasteiger charge is -2.09. The van der Waals surface area contributed by atoms with Crippen LogP contribution in [0.1, 0.15) is 12.5 Å². The number of hydrogen-bond acceptors (Lipinski definition) is 3. The van der Waals surface area contributed by atoms with Crippen LogP contribution in [0.25, 0.3) is 0 Å². The Hall–Kier alpha value is -1.30. The number of halogens is 2. The summed E-state index contributed by atoms with van der Waals surface area (Å²) in [5, 5.41) is 4.42. The van der Waals surface area contributed by atoms with E-state index in [0.717, 1.165) is 14.9 Å². The van der Waals surface area contributed by atoms with E-state index in [2.05, 4.69) is 26.5 Å². The van der Waals surface area contributed by atoms with E-state index in [1.54, 1.807) is 18.3 Å². The van der Waals surface area contributed by atoms with Crippen molar-refractivity contribution in [1.82, 2.24) is 5.43 Å². The number of hydrazone groups is 1. The normalized spacial score (nSPS) is 12.3. The van der Waals surface area contributed by atoms with Gasteiger partial charge in [-0.25, -0.2) is 5.43 Å². The van der Waals surface area contributed by atoms with Gasteiger partial charge in [-0.3, -0.25) is 4.79 Å². The van der Waals surface area contributed by atoms with Crippen molar-refractivity contribution in [2.75, 3.05) is 0 Å². The molecule has 0 bridgehead atoms. The van der Waals surface area contributed by atoms with Crippen LogP contribution in [0.3, 0.4) is 0 Å². The summed E-state index contributed by atoms with van der Waals surface area (Å²) in [6.07, 6.45) is 1.61. The maximum atomic E-state index is 12.0. The summed E-state index contributed by atoms with van der Waals surface area (Å²) in [5.41, 5.74) is 3.46. The Balaban J connectivity index is 1.89. The number of rotatable bonds is 5. The number of nitrogens with zero attached hydrogens (tertiary/aromatic N) is 1. The maximum Gasteiger partial charge on any atom is 0.253 e. The standard InChI is InChI=1S/C16H14BrClN2OS/c1-11(22-14-8-6-13(18)7-9-14)16(21)20-19-10-12-4-2-3-5-15(12)17/h2-11H,1H3,(H,20,21)/b19-10-/t11-/m1/s1. The summed E-state index contributed by atoms with van der Waals surface area (Å²) >= 11 is 10.7. The third-order valence-electron chi connectivity index (χ3n) is 2.78. The molecule has 0 heterocycles. The van der Waals surface area contributed by atoms with Crippen LogP contribution in [-0.2, 0) is 4.79 Å². The first-order valence-corrected chi connectivity index (χ1v) is 8.61. The lowest BCUT2D eigenvalue weighted by Crippen LogP contribution is -2.26. The molecule has 1 N–H and O–H groups in total. The van der Waals surface area contributed by atoms with Crippen molar-refractivity contribution in [3.05, 3.63) is 63.6 Å². The molecular weight excluding hydrogens is 384 g/mol. The van der Waals surface area contributed by atoms with Gasteiger partial charge in [-0.2, -0.15) is 5.10 Å². The van der Waals surface area contributed by atoms with Crippen molar-refractivity contribution >= 4 is 51.4 Å². The van der Waals surface area contributed by atoms with E-state index in [-0.39, 0.29) is 11.2 Å². The molecule has 114 valence electrons. The zero-order valence-corrected chi connectivity index (χ0v) is 15.0. The van der Waals surface area contributed by atoms with Gasteiger partial charge >= 0.3 is 0 Å². The van der Waals surface area contributed by atoms with Crippen LogP contribution >= 0.6 is 39.3 Å². The minimum atomic E-state index is -0.252. The average Bonchev–Trinajstić information content (AvgIpc) is 2.51. The van der Waals surface area contributed by atoms with Crippen LogP contribution in [0.4, 0.5) is 0 Å². The molecule has 0 unspecified atom stereocenters. The maximum absolute atomic E-state index is 12.0. The van der Waals surface area contributed by atoms with Gasteiger partial charge in [0.15, 0.2) is 0 Å². The second kappa shape index (κ2) is 8.36. The smallest absolute Gasteiger partial charge is 0.253 e. The molecule has 2 aromatic carbocycles.